The van der Waals surface area contributed by atoms with E-state index in [1.54, 1.807) is 0 Å². The lowest BCUT2D eigenvalue weighted by molar-refractivity contribution is -0.112. The van der Waals surface area contributed by atoms with Crippen LogP contribution in [0.5, 0.6) is 0 Å². The molecule has 1 fully saturated rings. The first kappa shape index (κ1) is 18.0. The summed E-state index contributed by atoms with van der Waals surface area (Å²) in [5, 5.41) is 1.40. The first-order valence-corrected chi connectivity index (χ1v) is 9.24. The molecule has 1 unspecified atom stereocenters. The first-order chi connectivity index (χ1) is 12.0. The van der Waals surface area contributed by atoms with Crippen molar-refractivity contribution in [2.45, 2.75) is 26.2 Å². The third kappa shape index (κ3) is 4.84. The SMILES string of the molecule is CC1CCC(=Cc2ccc(Cl)cc2)C(=O)C(=Cc2ccc(Cl)cc2)C1. The summed E-state index contributed by atoms with van der Waals surface area (Å²) in [6.45, 7) is 2.20. The molecule has 3 heteroatoms. The van der Waals surface area contributed by atoms with Gasteiger partial charge >= 0.3 is 0 Å². The molecule has 0 heterocycles. The molecule has 2 aromatic rings. The lowest BCUT2D eigenvalue weighted by Crippen LogP contribution is -2.04. The molecule has 0 amide bonds. The predicted molar refractivity (Wildman–Crippen MR) is 107 cm³/mol. The minimum absolute atomic E-state index is 0.147. The van der Waals surface area contributed by atoms with Crippen LogP contribution in [0.2, 0.25) is 10.0 Å². The quantitative estimate of drug-likeness (QED) is 0.417. The van der Waals surface area contributed by atoms with Crippen molar-refractivity contribution >= 4 is 41.1 Å². The second-order valence-corrected chi connectivity index (χ2v) is 7.49. The Labute approximate surface area is 159 Å². The van der Waals surface area contributed by atoms with E-state index >= 15 is 0 Å². The highest BCUT2D eigenvalue weighted by molar-refractivity contribution is 6.30. The van der Waals surface area contributed by atoms with Crippen LogP contribution in [0.3, 0.4) is 0 Å². The number of hydrogen-bond acceptors (Lipinski definition) is 1. The maximum Gasteiger partial charge on any atom is 0.185 e. The predicted octanol–water partition coefficient (Wildman–Crippen LogP) is 6.85. The van der Waals surface area contributed by atoms with Crippen LogP contribution in [0.4, 0.5) is 0 Å². The molecule has 0 N–H and O–H groups in total. The van der Waals surface area contributed by atoms with E-state index in [2.05, 4.69) is 6.92 Å². The summed E-state index contributed by atoms with van der Waals surface area (Å²) in [6, 6.07) is 15.2. The number of rotatable bonds is 2. The van der Waals surface area contributed by atoms with E-state index < -0.39 is 0 Å². The monoisotopic (exact) mass is 370 g/mol. The van der Waals surface area contributed by atoms with Crippen molar-refractivity contribution in [1.82, 2.24) is 0 Å². The molecule has 128 valence electrons. The highest BCUT2D eigenvalue weighted by atomic mass is 35.5. The van der Waals surface area contributed by atoms with E-state index in [0.29, 0.717) is 16.0 Å². The van der Waals surface area contributed by atoms with Gasteiger partial charge in [-0.15, -0.1) is 0 Å². The van der Waals surface area contributed by atoms with Crippen molar-refractivity contribution in [2.24, 2.45) is 5.92 Å². The number of allylic oxidation sites excluding steroid dienone is 2. The maximum absolute atomic E-state index is 13.0. The van der Waals surface area contributed by atoms with Gasteiger partial charge in [0, 0.05) is 21.2 Å². The molecule has 0 aliphatic heterocycles. The molecule has 1 saturated carbocycles. The van der Waals surface area contributed by atoms with Gasteiger partial charge in [0.25, 0.3) is 0 Å². The summed E-state index contributed by atoms with van der Waals surface area (Å²) in [5.41, 5.74) is 3.75. The molecule has 1 atom stereocenters. The molecule has 1 aliphatic rings. The van der Waals surface area contributed by atoms with Crippen LogP contribution in [-0.4, -0.2) is 5.78 Å². The molecule has 0 radical (unpaired) electrons. The summed E-state index contributed by atoms with van der Waals surface area (Å²) in [7, 11) is 0. The third-order valence-corrected chi connectivity index (χ3v) is 4.98. The third-order valence-electron chi connectivity index (χ3n) is 4.48. The van der Waals surface area contributed by atoms with E-state index in [0.717, 1.165) is 41.5 Å². The van der Waals surface area contributed by atoms with Crippen molar-refractivity contribution in [3.63, 3.8) is 0 Å². The van der Waals surface area contributed by atoms with Gasteiger partial charge < -0.3 is 0 Å². The van der Waals surface area contributed by atoms with E-state index in [1.807, 2.05) is 60.7 Å². The summed E-state index contributed by atoms with van der Waals surface area (Å²) < 4.78 is 0. The Bertz CT molecular complexity index is 814. The highest BCUT2D eigenvalue weighted by Crippen LogP contribution is 2.30. The van der Waals surface area contributed by atoms with Crippen molar-refractivity contribution in [3.8, 4) is 0 Å². The lowest BCUT2D eigenvalue weighted by atomic mass is 9.96. The number of ketones is 1. The Balaban J connectivity index is 1.94. The van der Waals surface area contributed by atoms with Crippen molar-refractivity contribution in [2.75, 3.05) is 0 Å². The molecule has 25 heavy (non-hydrogen) atoms. The van der Waals surface area contributed by atoms with Gasteiger partial charge in [0.05, 0.1) is 0 Å². The molecular weight excluding hydrogens is 351 g/mol. The molecule has 0 bridgehead atoms. The van der Waals surface area contributed by atoms with Gasteiger partial charge in [0.2, 0.25) is 0 Å². The number of carbonyl (C=O) groups is 1. The van der Waals surface area contributed by atoms with Crippen LogP contribution in [0.25, 0.3) is 12.2 Å². The minimum atomic E-state index is 0.147. The fourth-order valence-corrected chi connectivity index (χ4v) is 3.33. The second kappa shape index (κ2) is 8.03. The fraction of sp³-hybridized carbons (Fsp3) is 0.227. The Hall–Kier alpha value is -1.83. The average molecular weight is 371 g/mol. The van der Waals surface area contributed by atoms with Crippen molar-refractivity contribution in [1.29, 1.82) is 0 Å². The van der Waals surface area contributed by atoms with Gasteiger partial charge in [-0.25, -0.2) is 0 Å². The van der Waals surface area contributed by atoms with Gasteiger partial charge in [-0.3, -0.25) is 4.79 Å². The van der Waals surface area contributed by atoms with Gasteiger partial charge in [-0.05, 0) is 72.7 Å². The first-order valence-electron chi connectivity index (χ1n) is 8.48. The van der Waals surface area contributed by atoms with Crippen LogP contribution in [-0.2, 0) is 4.79 Å². The van der Waals surface area contributed by atoms with E-state index in [1.165, 1.54) is 0 Å². The smallest absolute Gasteiger partial charge is 0.185 e. The maximum atomic E-state index is 13.0. The van der Waals surface area contributed by atoms with Crippen LogP contribution < -0.4 is 0 Å². The number of hydrogen-bond donors (Lipinski definition) is 0. The fourth-order valence-electron chi connectivity index (χ4n) is 3.07. The Kier molecular flexibility index (Phi) is 5.78. The Morgan fingerprint density at radius 3 is 1.84 bits per heavy atom. The number of Topliss-reactive ketones (excluding diaryl/α,β-unsaturated/α-hetero) is 1. The molecule has 0 aromatic heterocycles. The normalized spacial score (nSPS) is 21.6. The lowest BCUT2D eigenvalue weighted by Gasteiger charge is -2.07. The van der Waals surface area contributed by atoms with E-state index in [4.69, 9.17) is 23.2 Å². The Morgan fingerprint density at radius 1 is 0.840 bits per heavy atom. The van der Waals surface area contributed by atoms with Crippen molar-refractivity contribution < 1.29 is 4.79 Å². The average Bonchev–Trinajstić information content (AvgIpc) is 2.72. The zero-order valence-electron chi connectivity index (χ0n) is 14.1. The van der Waals surface area contributed by atoms with Gasteiger partial charge in [0.1, 0.15) is 0 Å². The molecular formula is C22H20Cl2O. The Morgan fingerprint density at radius 2 is 1.32 bits per heavy atom. The summed E-state index contributed by atoms with van der Waals surface area (Å²) in [4.78, 5) is 13.0. The van der Waals surface area contributed by atoms with Crippen LogP contribution in [0, 0.1) is 5.92 Å². The standard InChI is InChI=1S/C22H20Cl2O/c1-15-2-7-18(13-16-3-8-20(23)9-4-16)22(25)19(12-15)14-17-5-10-21(24)11-6-17/h3-6,8-11,13-15H,2,7,12H2,1H3. The van der Waals surface area contributed by atoms with E-state index in [9.17, 15) is 4.79 Å². The van der Waals surface area contributed by atoms with Crippen LogP contribution in [0.15, 0.2) is 59.7 Å². The van der Waals surface area contributed by atoms with Crippen LogP contribution in [0.1, 0.15) is 37.3 Å². The molecule has 0 saturated heterocycles. The number of carbonyl (C=O) groups excluding carboxylic acids is 1. The number of benzene rings is 2. The minimum Gasteiger partial charge on any atom is -0.289 e. The highest BCUT2D eigenvalue weighted by Gasteiger charge is 2.22. The second-order valence-electron chi connectivity index (χ2n) is 6.62. The molecule has 1 aliphatic carbocycles. The summed E-state index contributed by atoms with van der Waals surface area (Å²) in [6.07, 6.45) is 6.62. The van der Waals surface area contributed by atoms with Gasteiger partial charge in [-0.1, -0.05) is 54.4 Å². The van der Waals surface area contributed by atoms with E-state index in [-0.39, 0.29) is 5.78 Å². The zero-order valence-corrected chi connectivity index (χ0v) is 15.6. The molecule has 0 spiro atoms. The van der Waals surface area contributed by atoms with Crippen LogP contribution >= 0.6 is 23.2 Å². The topological polar surface area (TPSA) is 17.1 Å². The zero-order chi connectivity index (χ0) is 17.8. The summed E-state index contributed by atoms with van der Waals surface area (Å²) in [5.74, 6) is 0.632. The molecule has 1 nitrogen and oxygen atoms in total. The molecule has 3 rings (SSSR count). The number of halogens is 2. The largest absolute Gasteiger partial charge is 0.289 e. The molecule has 2 aromatic carbocycles. The van der Waals surface area contributed by atoms with Gasteiger partial charge in [-0.2, -0.15) is 0 Å². The van der Waals surface area contributed by atoms with Crippen molar-refractivity contribution in [3.05, 3.63) is 80.8 Å². The van der Waals surface area contributed by atoms with Gasteiger partial charge in [0.15, 0.2) is 5.78 Å². The summed E-state index contributed by atoms with van der Waals surface area (Å²) >= 11 is 11.9.